The van der Waals surface area contributed by atoms with Gasteiger partial charge in [-0.3, -0.25) is 4.79 Å². The zero-order chi connectivity index (χ0) is 12.7. The van der Waals surface area contributed by atoms with Gasteiger partial charge in [0.1, 0.15) is 5.54 Å². The van der Waals surface area contributed by atoms with Crippen molar-refractivity contribution < 1.29 is 14.6 Å². The van der Waals surface area contributed by atoms with Crippen LogP contribution in [0.1, 0.15) is 25.7 Å². The molecule has 4 nitrogen and oxygen atoms in total. The van der Waals surface area contributed by atoms with E-state index in [1.807, 2.05) is 11.8 Å². The van der Waals surface area contributed by atoms with Gasteiger partial charge in [-0.25, -0.2) is 0 Å². The summed E-state index contributed by atoms with van der Waals surface area (Å²) in [6, 6.07) is 0. The SMILES string of the molecule is CNC1(C(=O)O)CCCC1CCSCCOC. The molecule has 0 aromatic rings. The van der Waals surface area contributed by atoms with Crippen LogP contribution >= 0.6 is 11.8 Å². The number of carboxylic acids is 1. The smallest absolute Gasteiger partial charge is 0.324 e. The van der Waals surface area contributed by atoms with E-state index >= 15 is 0 Å². The Morgan fingerprint density at radius 3 is 2.94 bits per heavy atom. The normalized spacial score (nSPS) is 28.5. The van der Waals surface area contributed by atoms with Crippen molar-refractivity contribution in [3.8, 4) is 0 Å². The van der Waals surface area contributed by atoms with Gasteiger partial charge >= 0.3 is 5.97 Å². The summed E-state index contributed by atoms with van der Waals surface area (Å²) in [7, 11) is 3.47. The average Bonchev–Trinajstić information content (AvgIpc) is 2.73. The van der Waals surface area contributed by atoms with Crippen molar-refractivity contribution in [1.29, 1.82) is 0 Å². The number of aliphatic carboxylic acids is 1. The molecule has 2 N–H and O–H groups in total. The largest absolute Gasteiger partial charge is 0.480 e. The van der Waals surface area contributed by atoms with Gasteiger partial charge in [0.15, 0.2) is 0 Å². The molecular weight excluding hydrogens is 238 g/mol. The van der Waals surface area contributed by atoms with Crippen molar-refractivity contribution in [3.63, 3.8) is 0 Å². The predicted molar refractivity (Wildman–Crippen MR) is 70.6 cm³/mol. The third kappa shape index (κ3) is 3.60. The first-order valence-electron chi connectivity index (χ1n) is 6.16. The summed E-state index contributed by atoms with van der Waals surface area (Å²) in [5.41, 5.74) is -0.679. The minimum Gasteiger partial charge on any atom is -0.480 e. The number of rotatable bonds is 8. The van der Waals surface area contributed by atoms with Gasteiger partial charge in [0.25, 0.3) is 0 Å². The Hall–Kier alpha value is -0.260. The van der Waals surface area contributed by atoms with E-state index in [4.69, 9.17) is 4.74 Å². The number of thioether (sulfide) groups is 1. The van der Waals surface area contributed by atoms with E-state index in [0.717, 1.165) is 43.8 Å². The molecule has 2 atom stereocenters. The summed E-state index contributed by atoms with van der Waals surface area (Å²) in [5, 5.41) is 12.4. The van der Waals surface area contributed by atoms with Crippen LogP contribution in [0.15, 0.2) is 0 Å². The fourth-order valence-corrected chi connectivity index (χ4v) is 3.60. The van der Waals surface area contributed by atoms with Crippen LogP contribution in [0.2, 0.25) is 0 Å². The van der Waals surface area contributed by atoms with Gasteiger partial charge < -0.3 is 15.2 Å². The Labute approximate surface area is 107 Å². The molecule has 0 bridgehead atoms. The van der Waals surface area contributed by atoms with Crippen molar-refractivity contribution >= 4 is 17.7 Å². The molecule has 5 heteroatoms. The minimum atomic E-state index is -0.690. The molecule has 1 rings (SSSR count). The van der Waals surface area contributed by atoms with Gasteiger partial charge in [0, 0.05) is 12.9 Å². The lowest BCUT2D eigenvalue weighted by Crippen LogP contribution is -2.53. The summed E-state index contributed by atoms with van der Waals surface area (Å²) in [6.45, 7) is 0.769. The van der Waals surface area contributed by atoms with E-state index in [1.165, 1.54) is 0 Å². The number of hydrogen-bond donors (Lipinski definition) is 2. The number of hydrogen-bond acceptors (Lipinski definition) is 4. The van der Waals surface area contributed by atoms with Crippen molar-refractivity contribution in [1.82, 2.24) is 5.32 Å². The van der Waals surface area contributed by atoms with Crippen LogP contribution < -0.4 is 5.32 Å². The van der Waals surface area contributed by atoms with E-state index in [1.54, 1.807) is 14.2 Å². The highest BCUT2D eigenvalue weighted by atomic mass is 32.2. The molecule has 0 spiro atoms. The maximum atomic E-state index is 11.4. The predicted octanol–water partition coefficient (Wildman–Crippen LogP) is 1.60. The number of ether oxygens (including phenoxy) is 1. The van der Waals surface area contributed by atoms with Crippen LogP contribution in [0.5, 0.6) is 0 Å². The second-order valence-corrected chi connectivity index (χ2v) is 5.73. The summed E-state index contributed by atoms with van der Waals surface area (Å²) in [5.74, 6) is 1.58. The van der Waals surface area contributed by atoms with Crippen LogP contribution in [0.4, 0.5) is 0 Å². The third-order valence-electron chi connectivity index (χ3n) is 3.69. The van der Waals surface area contributed by atoms with E-state index in [0.29, 0.717) is 0 Å². The summed E-state index contributed by atoms with van der Waals surface area (Å²) >= 11 is 1.84. The molecule has 0 saturated heterocycles. The second kappa shape index (κ2) is 7.24. The molecule has 1 aliphatic rings. The van der Waals surface area contributed by atoms with Crippen LogP contribution in [0, 0.1) is 5.92 Å². The Balaban J connectivity index is 2.38. The van der Waals surface area contributed by atoms with E-state index in [9.17, 15) is 9.90 Å². The Kier molecular flexibility index (Phi) is 6.30. The van der Waals surface area contributed by atoms with Crippen LogP contribution in [-0.2, 0) is 9.53 Å². The molecule has 0 radical (unpaired) electrons. The molecule has 0 heterocycles. The zero-order valence-electron chi connectivity index (χ0n) is 10.7. The molecule has 1 fully saturated rings. The van der Waals surface area contributed by atoms with Gasteiger partial charge in [0.2, 0.25) is 0 Å². The average molecular weight is 261 g/mol. The van der Waals surface area contributed by atoms with Crippen LogP contribution in [0.25, 0.3) is 0 Å². The Morgan fingerprint density at radius 2 is 2.35 bits per heavy atom. The molecule has 1 aliphatic carbocycles. The number of nitrogens with one attached hydrogen (secondary N) is 1. The third-order valence-corrected chi connectivity index (χ3v) is 4.67. The fraction of sp³-hybridized carbons (Fsp3) is 0.917. The van der Waals surface area contributed by atoms with Gasteiger partial charge in [-0.15, -0.1) is 0 Å². The van der Waals surface area contributed by atoms with Gasteiger partial charge in [0.05, 0.1) is 6.61 Å². The fourth-order valence-electron chi connectivity index (χ4n) is 2.66. The summed E-state index contributed by atoms with van der Waals surface area (Å²) in [6.07, 6.45) is 3.77. The monoisotopic (exact) mass is 261 g/mol. The highest BCUT2D eigenvalue weighted by Crippen LogP contribution is 2.38. The maximum absolute atomic E-state index is 11.4. The first-order valence-corrected chi connectivity index (χ1v) is 7.32. The van der Waals surface area contributed by atoms with Crippen molar-refractivity contribution in [3.05, 3.63) is 0 Å². The molecule has 17 heavy (non-hydrogen) atoms. The number of carboxylic acid groups (broad SMARTS) is 1. The van der Waals surface area contributed by atoms with Crippen molar-refractivity contribution in [2.24, 2.45) is 5.92 Å². The highest BCUT2D eigenvalue weighted by Gasteiger charge is 2.47. The second-order valence-electron chi connectivity index (χ2n) is 4.51. The lowest BCUT2D eigenvalue weighted by atomic mass is 9.85. The Bertz CT molecular complexity index is 250. The van der Waals surface area contributed by atoms with Gasteiger partial charge in [-0.2, -0.15) is 11.8 Å². The number of methoxy groups -OCH3 is 1. The van der Waals surface area contributed by atoms with Gasteiger partial charge in [-0.05, 0) is 38.0 Å². The van der Waals surface area contributed by atoms with Crippen LogP contribution in [0.3, 0.4) is 0 Å². The molecule has 0 amide bonds. The van der Waals surface area contributed by atoms with Crippen molar-refractivity contribution in [2.45, 2.75) is 31.2 Å². The van der Waals surface area contributed by atoms with E-state index < -0.39 is 11.5 Å². The lowest BCUT2D eigenvalue weighted by molar-refractivity contribution is -0.146. The molecular formula is C12H23NO3S. The van der Waals surface area contributed by atoms with Crippen molar-refractivity contribution in [2.75, 3.05) is 32.3 Å². The Morgan fingerprint density at radius 1 is 1.59 bits per heavy atom. The quantitative estimate of drug-likeness (QED) is 0.650. The molecule has 0 aromatic carbocycles. The molecule has 0 aliphatic heterocycles. The molecule has 1 saturated carbocycles. The maximum Gasteiger partial charge on any atom is 0.324 e. The molecule has 2 unspecified atom stereocenters. The first kappa shape index (κ1) is 14.8. The summed E-state index contributed by atoms with van der Waals surface area (Å²) in [4.78, 5) is 11.4. The number of likely N-dealkylation sites (N-methyl/N-ethyl adjacent to an activating group) is 1. The van der Waals surface area contributed by atoms with E-state index in [-0.39, 0.29) is 5.92 Å². The lowest BCUT2D eigenvalue weighted by Gasteiger charge is -2.30. The first-order chi connectivity index (χ1) is 8.17. The highest BCUT2D eigenvalue weighted by molar-refractivity contribution is 7.99. The molecule has 0 aromatic heterocycles. The van der Waals surface area contributed by atoms with Crippen LogP contribution in [-0.4, -0.2) is 48.9 Å². The molecule has 100 valence electrons. The minimum absolute atomic E-state index is 0.264. The summed E-state index contributed by atoms with van der Waals surface area (Å²) < 4.78 is 4.99. The number of carbonyl (C=O) groups is 1. The standard InChI is InChI=1S/C12H23NO3S/c1-13-12(11(14)15)6-3-4-10(12)5-8-17-9-7-16-2/h10,13H,3-9H2,1-2H3,(H,14,15). The zero-order valence-corrected chi connectivity index (χ0v) is 11.5. The topological polar surface area (TPSA) is 58.6 Å². The van der Waals surface area contributed by atoms with E-state index in [2.05, 4.69) is 5.32 Å². The van der Waals surface area contributed by atoms with Gasteiger partial charge in [-0.1, -0.05) is 6.42 Å².